The van der Waals surface area contributed by atoms with Crippen LogP contribution in [0.15, 0.2) is 11.6 Å². The average Bonchev–Trinajstić information content (AvgIpc) is 2.39. The van der Waals surface area contributed by atoms with Crippen LogP contribution in [0.3, 0.4) is 0 Å². The molecule has 0 amide bonds. The molecule has 1 fully saturated rings. The van der Waals surface area contributed by atoms with E-state index in [1.807, 2.05) is 0 Å². The van der Waals surface area contributed by atoms with Crippen LogP contribution in [0.1, 0.15) is 46.0 Å². The molecule has 2 rings (SSSR count). The second-order valence-electron chi connectivity index (χ2n) is 6.51. The fraction of sp³-hybridized carbons (Fsp3) is 0.688. The molecule has 0 aromatic heterocycles. The molecule has 0 aromatic carbocycles. The molecule has 1 saturated carbocycles. The number of esters is 1. The Hall–Kier alpha value is -1.45. The van der Waals surface area contributed by atoms with Gasteiger partial charge < -0.3 is 9.53 Å². The van der Waals surface area contributed by atoms with Crippen LogP contribution in [0.5, 0.6) is 0 Å². The molecule has 2 unspecified atom stereocenters. The Morgan fingerprint density at radius 1 is 1.50 bits per heavy atom. The number of methoxy groups -OCH3 is 1. The van der Waals surface area contributed by atoms with Crippen molar-refractivity contribution >= 4 is 18.0 Å². The van der Waals surface area contributed by atoms with Gasteiger partial charge in [-0.2, -0.15) is 0 Å². The van der Waals surface area contributed by atoms with E-state index in [0.717, 1.165) is 31.1 Å². The molecule has 4 nitrogen and oxygen atoms in total. The van der Waals surface area contributed by atoms with Crippen LogP contribution in [0.25, 0.3) is 0 Å². The minimum atomic E-state index is -0.748. The number of aldehydes is 1. The van der Waals surface area contributed by atoms with Gasteiger partial charge in [-0.3, -0.25) is 9.59 Å². The van der Waals surface area contributed by atoms with E-state index in [-0.39, 0.29) is 23.6 Å². The molecule has 0 radical (unpaired) electrons. The van der Waals surface area contributed by atoms with Gasteiger partial charge in [-0.25, -0.2) is 0 Å². The highest BCUT2D eigenvalue weighted by atomic mass is 16.5. The predicted molar refractivity (Wildman–Crippen MR) is 74.0 cm³/mol. The summed E-state index contributed by atoms with van der Waals surface area (Å²) < 4.78 is 5.07. The van der Waals surface area contributed by atoms with Crippen molar-refractivity contribution in [3.63, 3.8) is 0 Å². The number of ketones is 1. The monoisotopic (exact) mass is 278 g/mol. The van der Waals surface area contributed by atoms with Gasteiger partial charge in [0, 0.05) is 12.3 Å². The quantitative estimate of drug-likeness (QED) is 0.587. The van der Waals surface area contributed by atoms with E-state index in [0.29, 0.717) is 6.42 Å². The van der Waals surface area contributed by atoms with Gasteiger partial charge in [0.1, 0.15) is 6.29 Å². The van der Waals surface area contributed by atoms with Crippen molar-refractivity contribution in [1.29, 1.82) is 0 Å². The SMILES string of the molecule is COC(=O)C12CC(CC=O)C(=O)C=C1CCCC2(C)C. The number of hydrogen-bond donors (Lipinski definition) is 0. The Bertz CT molecular complexity index is 475. The fourth-order valence-electron chi connectivity index (χ4n) is 3.93. The van der Waals surface area contributed by atoms with Gasteiger partial charge in [-0.15, -0.1) is 0 Å². The largest absolute Gasteiger partial charge is 0.468 e. The number of allylic oxidation sites excluding steroid dienone is 1. The zero-order valence-electron chi connectivity index (χ0n) is 12.4. The molecule has 0 spiro atoms. The first kappa shape index (κ1) is 14.9. The summed E-state index contributed by atoms with van der Waals surface area (Å²) >= 11 is 0. The molecular weight excluding hydrogens is 256 g/mol. The number of carbonyl (C=O) groups excluding carboxylic acids is 3. The van der Waals surface area contributed by atoms with E-state index in [4.69, 9.17) is 4.74 Å². The Kier molecular flexibility index (Phi) is 3.85. The highest BCUT2D eigenvalue weighted by molar-refractivity contribution is 5.98. The zero-order chi connectivity index (χ0) is 15.0. The zero-order valence-corrected chi connectivity index (χ0v) is 12.4. The lowest BCUT2D eigenvalue weighted by Gasteiger charge is -2.52. The second kappa shape index (κ2) is 5.15. The van der Waals surface area contributed by atoms with Crippen molar-refractivity contribution in [3.8, 4) is 0 Å². The van der Waals surface area contributed by atoms with Crippen molar-refractivity contribution in [2.75, 3.05) is 7.11 Å². The summed E-state index contributed by atoms with van der Waals surface area (Å²) in [5, 5.41) is 0. The lowest BCUT2D eigenvalue weighted by atomic mass is 9.50. The third kappa shape index (κ3) is 2.02. The van der Waals surface area contributed by atoms with Gasteiger partial charge in [0.25, 0.3) is 0 Å². The predicted octanol–water partition coefficient (Wildman–Crippen LogP) is 2.46. The summed E-state index contributed by atoms with van der Waals surface area (Å²) in [6, 6.07) is 0. The van der Waals surface area contributed by atoms with Gasteiger partial charge in [0.15, 0.2) is 5.78 Å². The minimum Gasteiger partial charge on any atom is -0.468 e. The number of ether oxygens (including phenoxy) is 1. The van der Waals surface area contributed by atoms with E-state index < -0.39 is 11.3 Å². The molecule has 0 bridgehead atoms. The number of hydrogen-bond acceptors (Lipinski definition) is 4. The van der Waals surface area contributed by atoms with Crippen LogP contribution in [-0.2, 0) is 19.1 Å². The van der Waals surface area contributed by atoms with Crippen molar-refractivity contribution in [2.24, 2.45) is 16.7 Å². The second-order valence-corrected chi connectivity index (χ2v) is 6.51. The molecule has 0 saturated heterocycles. The molecule has 0 N–H and O–H groups in total. The van der Waals surface area contributed by atoms with E-state index >= 15 is 0 Å². The lowest BCUT2D eigenvalue weighted by molar-refractivity contribution is -0.162. The van der Waals surface area contributed by atoms with E-state index in [1.54, 1.807) is 6.08 Å². The van der Waals surface area contributed by atoms with Gasteiger partial charge in [0.05, 0.1) is 12.5 Å². The fourth-order valence-corrected chi connectivity index (χ4v) is 3.93. The molecule has 0 aromatic rings. The maximum absolute atomic E-state index is 12.5. The summed E-state index contributed by atoms with van der Waals surface area (Å²) in [4.78, 5) is 35.4. The molecule has 20 heavy (non-hydrogen) atoms. The van der Waals surface area contributed by atoms with Crippen molar-refractivity contribution in [2.45, 2.75) is 46.0 Å². The third-order valence-electron chi connectivity index (χ3n) is 5.14. The van der Waals surface area contributed by atoms with Gasteiger partial charge in [-0.05, 0) is 42.7 Å². The molecule has 2 aliphatic carbocycles. The summed E-state index contributed by atoms with van der Waals surface area (Å²) in [5.41, 5.74) is -0.110. The minimum absolute atomic E-state index is 0.0238. The normalized spacial score (nSPS) is 32.0. The van der Waals surface area contributed by atoms with Crippen LogP contribution in [-0.4, -0.2) is 25.1 Å². The molecule has 4 heteroatoms. The van der Waals surface area contributed by atoms with E-state index in [9.17, 15) is 14.4 Å². The number of carbonyl (C=O) groups is 3. The highest BCUT2D eigenvalue weighted by Gasteiger charge is 2.58. The first-order chi connectivity index (χ1) is 9.39. The Balaban J connectivity index is 2.55. The summed E-state index contributed by atoms with van der Waals surface area (Å²) in [6.07, 6.45) is 5.61. The van der Waals surface area contributed by atoms with E-state index in [1.165, 1.54) is 7.11 Å². The molecule has 0 heterocycles. The van der Waals surface area contributed by atoms with Crippen LogP contribution in [0.4, 0.5) is 0 Å². The summed E-state index contributed by atoms with van der Waals surface area (Å²) in [7, 11) is 1.39. The van der Waals surface area contributed by atoms with E-state index in [2.05, 4.69) is 13.8 Å². The van der Waals surface area contributed by atoms with Crippen LogP contribution >= 0.6 is 0 Å². The van der Waals surface area contributed by atoms with Crippen molar-refractivity contribution in [3.05, 3.63) is 11.6 Å². The number of fused-ring (bicyclic) bond motifs is 1. The van der Waals surface area contributed by atoms with Crippen LogP contribution in [0, 0.1) is 16.7 Å². The Labute approximate surface area is 119 Å². The summed E-state index contributed by atoms with van der Waals surface area (Å²) in [6.45, 7) is 4.12. The first-order valence-corrected chi connectivity index (χ1v) is 7.16. The van der Waals surface area contributed by atoms with Gasteiger partial charge in [-0.1, -0.05) is 13.8 Å². The molecule has 110 valence electrons. The number of rotatable bonds is 3. The maximum Gasteiger partial charge on any atom is 0.316 e. The van der Waals surface area contributed by atoms with Crippen molar-refractivity contribution < 1.29 is 19.1 Å². The molecular formula is C16H22O4. The highest BCUT2D eigenvalue weighted by Crippen LogP contribution is 2.59. The smallest absolute Gasteiger partial charge is 0.316 e. The lowest BCUT2D eigenvalue weighted by Crippen LogP contribution is -2.52. The maximum atomic E-state index is 12.5. The van der Waals surface area contributed by atoms with Gasteiger partial charge in [0.2, 0.25) is 0 Å². The van der Waals surface area contributed by atoms with Gasteiger partial charge >= 0.3 is 5.97 Å². The molecule has 2 aliphatic rings. The average molecular weight is 278 g/mol. The first-order valence-electron chi connectivity index (χ1n) is 7.16. The third-order valence-corrected chi connectivity index (χ3v) is 5.14. The molecule has 0 aliphatic heterocycles. The van der Waals surface area contributed by atoms with Crippen molar-refractivity contribution in [1.82, 2.24) is 0 Å². The Morgan fingerprint density at radius 3 is 2.80 bits per heavy atom. The molecule has 2 atom stereocenters. The topological polar surface area (TPSA) is 60.4 Å². The van der Waals surface area contributed by atoms with Crippen LogP contribution < -0.4 is 0 Å². The standard InChI is InChI=1S/C16H22O4/c1-15(2)7-4-5-12-9-13(18)11(6-8-17)10-16(12,15)14(19)20-3/h8-9,11H,4-7,10H2,1-3H3. The summed E-state index contributed by atoms with van der Waals surface area (Å²) in [5.74, 6) is -0.686. The Morgan fingerprint density at radius 2 is 2.20 bits per heavy atom. The van der Waals surface area contributed by atoms with Crippen LogP contribution in [0.2, 0.25) is 0 Å².